The number of halogens is 1. The number of nitrogens with zero attached hydrogens (tertiary/aromatic N) is 1. The maximum absolute atomic E-state index is 13.2. The number of aliphatic hydroxyl groups is 1. The minimum atomic E-state index is -0.456. The number of aliphatic hydroxyl groups excluding tert-OH is 1. The summed E-state index contributed by atoms with van der Waals surface area (Å²) in [7, 11) is 0. The number of carbonyl (C=O) groups excluding carboxylic acids is 1. The van der Waals surface area contributed by atoms with E-state index in [2.05, 4.69) is 15.5 Å². The summed E-state index contributed by atoms with van der Waals surface area (Å²) in [4.78, 5) is 11.9. The van der Waals surface area contributed by atoms with E-state index in [1.165, 1.54) is 12.1 Å². The Bertz CT molecular complexity index is 610. The van der Waals surface area contributed by atoms with Crippen molar-refractivity contribution in [3.8, 4) is 0 Å². The minimum absolute atomic E-state index is 0.213. The summed E-state index contributed by atoms with van der Waals surface area (Å²) in [5.41, 5.74) is 2.14. The SMILES string of the molecule is CCc1cc(C(=O)NCc2ccc(F)c(CO)c2)n[nH]1. The Balaban J connectivity index is 1.99. The third-order valence-corrected chi connectivity index (χ3v) is 2.98. The largest absolute Gasteiger partial charge is 0.392 e. The van der Waals surface area contributed by atoms with Gasteiger partial charge >= 0.3 is 0 Å². The van der Waals surface area contributed by atoms with Crippen LogP contribution in [0.25, 0.3) is 0 Å². The van der Waals surface area contributed by atoms with Gasteiger partial charge in [-0.15, -0.1) is 0 Å². The van der Waals surface area contributed by atoms with Crippen molar-refractivity contribution in [1.29, 1.82) is 0 Å². The van der Waals surface area contributed by atoms with Crippen molar-refractivity contribution >= 4 is 5.91 Å². The fraction of sp³-hybridized carbons (Fsp3) is 0.286. The maximum atomic E-state index is 13.2. The Morgan fingerprint density at radius 3 is 2.90 bits per heavy atom. The fourth-order valence-electron chi connectivity index (χ4n) is 1.79. The van der Waals surface area contributed by atoms with Gasteiger partial charge in [-0.05, 0) is 30.2 Å². The molecule has 0 fully saturated rings. The number of H-pyrrole nitrogens is 1. The van der Waals surface area contributed by atoms with Gasteiger partial charge in [-0.2, -0.15) is 5.10 Å². The van der Waals surface area contributed by atoms with Crippen LogP contribution in [0.15, 0.2) is 24.3 Å². The van der Waals surface area contributed by atoms with Crippen LogP contribution in [-0.4, -0.2) is 21.2 Å². The van der Waals surface area contributed by atoms with Crippen LogP contribution >= 0.6 is 0 Å². The molecule has 0 spiro atoms. The van der Waals surface area contributed by atoms with Crippen LogP contribution in [0, 0.1) is 5.82 Å². The molecule has 0 saturated carbocycles. The summed E-state index contributed by atoms with van der Waals surface area (Å²) in [6, 6.07) is 6.06. The molecule has 6 heteroatoms. The Morgan fingerprint density at radius 2 is 2.25 bits per heavy atom. The molecule has 0 atom stereocenters. The van der Waals surface area contributed by atoms with Gasteiger partial charge in [0, 0.05) is 17.8 Å². The van der Waals surface area contributed by atoms with E-state index < -0.39 is 5.82 Å². The first kappa shape index (κ1) is 14.2. The zero-order valence-corrected chi connectivity index (χ0v) is 11.1. The molecule has 0 radical (unpaired) electrons. The van der Waals surface area contributed by atoms with E-state index in [-0.39, 0.29) is 24.6 Å². The molecule has 1 aromatic heterocycles. The lowest BCUT2D eigenvalue weighted by molar-refractivity contribution is 0.0946. The predicted octanol–water partition coefficient (Wildman–Crippen LogP) is 1.53. The molecular formula is C14H16FN3O2. The Labute approximate surface area is 115 Å². The summed E-state index contributed by atoms with van der Waals surface area (Å²) >= 11 is 0. The van der Waals surface area contributed by atoms with Gasteiger partial charge in [0.2, 0.25) is 0 Å². The van der Waals surface area contributed by atoms with E-state index in [4.69, 9.17) is 5.11 Å². The monoisotopic (exact) mass is 277 g/mol. The van der Waals surface area contributed by atoms with Gasteiger partial charge in [0.15, 0.2) is 0 Å². The normalized spacial score (nSPS) is 10.6. The second-order valence-corrected chi connectivity index (χ2v) is 4.40. The van der Waals surface area contributed by atoms with Crippen molar-refractivity contribution < 1.29 is 14.3 Å². The Hall–Kier alpha value is -2.21. The number of benzene rings is 1. The van der Waals surface area contributed by atoms with Gasteiger partial charge in [0.1, 0.15) is 11.5 Å². The first-order valence-corrected chi connectivity index (χ1v) is 6.34. The standard InChI is InChI=1S/C14H16FN3O2/c1-2-11-6-13(18-17-11)14(20)16-7-9-3-4-12(15)10(5-9)8-19/h3-6,19H,2,7-8H2,1H3,(H,16,20)(H,17,18). The van der Waals surface area contributed by atoms with E-state index in [1.54, 1.807) is 12.1 Å². The average molecular weight is 277 g/mol. The molecule has 0 aliphatic rings. The van der Waals surface area contributed by atoms with Crippen molar-refractivity contribution in [1.82, 2.24) is 15.5 Å². The van der Waals surface area contributed by atoms with Crippen molar-refractivity contribution in [3.63, 3.8) is 0 Å². The van der Waals surface area contributed by atoms with Crippen molar-refractivity contribution in [2.24, 2.45) is 0 Å². The molecule has 1 aromatic carbocycles. The lowest BCUT2D eigenvalue weighted by Crippen LogP contribution is -2.23. The van der Waals surface area contributed by atoms with E-state index in [9.17, 15) is 9.18 Å². The molecule has 2 rings (SSSR count). The molecular weight excluding hydrogens is 261 g/mol. The topological polar surface area (TPSA) is 78.0 Å². The molecule has 0 aliphatic heterocycles. The van der Waals surface area contributed by atoms with Gasteiger partial charge in [-0.3, -0.25) is 9.89 Å². The van der Waals surface area contributed by atoms with Crippen LogP contribution < -0.4 is 5.32 Å². The summed E-state index contributed by atoms with van der Waals surface area (Å²) in [6.45, 7) is 1.84. The number of hydrogen-bond donors (Lipinski definition) is 3. The highest BCUT2D eigenvalue weighted by Gasteiger charge is 2.10. The molecule has 1 amide bonds. The molecule has 3 N–H and O–H groups in total. The molecule has 20 heavy (non-hydrogen) atoms. The van der Waals surface area contributed by atoms with Gasteiger partial charge in [0.25, 0.3) is 5.91 Å². The minimum Gasteiger partial charge on any atom is -0.392 e. The second-order valence-electron chi connectivity index (χ2n) is 4.40. The molecule has 0 unspecified atom stereocenters. The van der Waals surface area contributed by atoms with E-state index in [0.29, 0.717) is 5.69 Å². The molecule has 0 saturated heterocycles. The number of rotatable bonds is 5. The highest BCUT2D eigenvalue weighted by Crippen LogP contribution is 2.10. The summed E-state index contributed by atoms with van der Waals surface area (Å²) in [5.74, 6) is -0.752. The smallest absolute Gasteiger partial charge is 0.272 e. The molecule has 5 nitrogen and oxygen atoms in total. The molecule has 106 valence electrons. The van der Waals surface area contributed by atoms with Crippen LogP contribution in [0.4, 0.5) is 4.39 Å². The lowest BCUT2D eigenvalue weighted by atomic mass is 10.1. The Kier molecular flexibility index (Phi) is 4.47. The quantitative estimate of drug-likeness (QED) is 0.775. The lowest BCUT2D eigenvalue weighted by Gasteiger charge is -2.06. The van der Waals surface area contributed by atoms with Crippen LogP contribution in [0.1, 0.15) is 34.2 Å². The van der Waals surface area contributed by atoms with Crippen LogP contribution in [-0.2, 0) is 19.6 Å². The average Bonchev–Trinajstić information content (AvgIpc) is 2.95. The molecule has 2 aromatic rings. The van der Waals surface area contributed by atoms with E-state index >= 15 is 0 Å². The van der Waals surface area contributed by atoms with Crippen molar-refractivity contribution in [2.75, 3.05) is 0 Å². The number of carbonyl (C=O) groups is 1. The van der Waals surface area contributed by atoms with Crippen molar-refractivity contribution in [3.05, 3.63) is 52.6 Å². The second kappa shape index (κ2) is 6.29. The van der Waals surface area contributed by atoms with Gasteiger partial charge < -0.3 is 10.4 Å². The third-order valence-electron chi connectivity index (χ3n) is 2.98. The summed E-state index contributed by atoms with van der Waals surface area (Å²) in [5, 5.41) is 18.4. The van der Waals surface area contributed by atoms with E-state index in [0.717, 1.165) is 17.7 Å². The number of amides is 1. The summed E-state index contributed by atoms with van der Waals surface area (Å²) in [6.07, 6.45) is 0.776. The van der Waals surface area contributed by atoms with E-state index in [1.807, 2.05) is 6.92 Å². The molecule has 0 aliphatic carbocycles. The van der Waals surface area contributed by atoms with Crippen LogP contribution in [0.2, 0.25) is 0 Å². The highest BCUT2D eigenvalue weighted by atomic mass is 19.1. The van der Waals surface area contributed by atoms with Gasteiger partial charge in [0.05, 0.1) is 6.61 Å². The summed E-state index contributed by atoms with van der Waals surface area (Å²) < 4.78 is 13.2. The number of aromatic nitrogens is 2. The number of hydrogen-bond acceptors (Lipinski definition) is 3. The van der Waals surface area contributed by atoms with Crippen LogP contribution in [0.3, 0.4) is 0 Å². The predicted molar refractivity (Wildman–Crippen MR) is 71.5 cm³/mol. The molecule has 0 bridgehead atoms. The van der Waals surface area contributed by atoms with Gasteiger partial charge in [-0.25, -0.2) is 4.39 Å². The van der Waals surface area contributed by atoms with Crippen LogP contribution in [0.5, 0.6) is 0 Å². The number of aryl methyl sites for hydroxylation is 1. The maximum Gasteiger partial charge on any atom is 0.272 e. The Morgan fingerprint density at radius 1 is 1.45 bits per heavy atom. The van der Waals surface area contributed by atoms with Crippen molar-refractivity contribution in [2.45, 2.75) is 26.5 Å². The first-order chi connectivity index (χ1) is 9.63. The highest BCUT2D eigenvalue weighted by molar-refractivity contribution is 5.92. The number of nitrogens with one attached hydrogen (secondary N) is 2. The number of aromatic amines is 1. The zero-order valence-electron chi connectivity index (χ0n) is 11.1. The van der Waals surface area contributed by atoms with Gasteiger partial charge in [-0.1, -0.05) is 13.0 Å². The third kappa shape index (κ3) is 3.21. The first-order valence-electron chi connectivity index (χ1n) is 6.34. The zero-order chi connectivity index (χ0) is 14.5. The molecule has 1 heterocycles. The fourth-order valence-corrected chi connectivity index (χ4v) is 1.79.